The number of anilines is 1. The van der Waals surface area contributed by atoms with Crippen molar-refractivity contribution in [2.45, 2.75) is 26.2 Å². The number of hydrogen-bond acceptors (Lipinski definition) is 2. The SMILES string of the molecule is COCCCN=C(N)Nc1cccc(C(C)C)c1.I. The van der Waals surface area contributed by atoms with E-state index in [2.05, 4.69) is 36.3 Å². The topological polar surface area (TPSA) is 59.6 Å². The fraction of sp³-hybridized carbons (Fsp3) is 0.500. The van der Waals surface area contributed by atoms with Crippen molar-refractivity contribution in [1.29, 1.82) is 0 Å². The van der Waals surface area contributed by atoms with Gasteiger partial charge in [0.05, 0.1) is 0 Å². The summed E-state index contributed by atoms with van der Waals surface area (Å²) in [5.41, 5.74) is 8.08. The van der Waals surface area contributed by atoms with Crippen molar-refractivity contribution in [3.63, 3.8) is 0 Å². The van der Waals surface area contributed by atoms with Crippen LogP contribution in [0.4, 0.5) is 5.69 Å². The number of halogens is 1. The van der Waals surface area contributed by atoms with E-state index < -0.39 is 0 Å². The number of methoxy groups -OCH3 is 1. The second-order valence-electron chi connectivity index (χ2n) is 4.52. The molecule has 0 saturated heterocycles. The normalized spacial score (nSPS) is 11.3. The number of nitrogens with two attached hydrogens (primary N) is 1. The molecule has 0 aliphatic heterocycles. The van der Waals surface area contributed by atoms with E-state index in [9.17, 15) is 0 Å². The molecule has 0 bridgehead atoms. The Hall–Kier alpha value is -0.820. The van der Waals surface area contributed by atoms with Crippen molar-refractivity contribution in [3.8, 4) is 0 Å². The van der Waals surface area contributed by atoms with E-state index in [1.807, 2.05) is 12.1 Å². The van der Waals surface area contributed by atoms with Crippen molar-refractivity contribution in [1.82, 2.24) is 0 Å². The summed E-state index contributed by atoms with van der Waals surface area (Å²) in [6.45, 7) is 5.72. The fourth-order valence-corrected chi connectivity index (χ4v) is 1.57. The van der Waals surface area contributed by atoms with Crippen LogP contribution in [0.1, 0.15) is 31.7 Å². The molecule has 1 rings (SSSR count). The predicted octanol–water partition coefficient (Wildman–Crippen LogP) is 3.19. The Labute approximate surface area is 132 Å². The van der Waals surface area contributed by atoms with Crippen molar-refractivity contribution in [3.05, 3.63) is 29.8 Å². The first-order chi connectivity index (χ1) is 8.63. The van der Waals surface area contributed by atoms with Gasteiger partial charge in [-0.3, -0.25) is 4.99 Å². The van der Waals surface area contributed by atoms with Gasteiger partial charge in [0.1, 0.15) is 0 Å². The summed E-state index contributed by atoms with van der Waals surface area (Å²) in [4.78, 5) is 4.23. The van der Waals surface area contributed by atoms with E-state index in [-0.39, 0.29) is 24.0 Å². The maximum atomic E-state index is 5.81. The molecule has 0 amide bonds. The molecule has 0 heterocycles. The third-order valence-electron chi connectivity index (χ3n) is 2.61. The Morgan fingerprint density at radius 1 is 1.42 bits per heavy atom. The number of ether oxygens (including phenoxy) is 1. The third-order valence-corrected chi connectivity index (χ3v) is 2.61. The van der Waals surface area contributed by atoms with Gasteiger partial charge in [-0.15, -0.1) is 24.0 Å². The lowest BCUT2D eigenvalue weighted by Gasteiger charge is -2.09. The van der Waals surface area contributed by atoms with E-state index in [4.69, 9.17) is 10.5 Å². The lowest BCUT2D eigenvalue weighted by Crippen LogP contribution is -2.23. The van der Waals surface area contributed by atoms with Crippen LogP contribution in [-0.4, -0.2) is 26.2 Å². The maximum absolute atomic E-state index is 5.81. The summed E-state index contributed by atoms with van der Waals surface area (Å²) in [5.74, 6) is 0.957. The summed E-state index contributed by atoms with van der Waals surface area (Å²) < 4.78 is 4.95. The molecule has 3 N–H and O–H groups in total. The highest BCUT2D eigenvalue weighted by molar-refractivity contribution is 14.0. The molecule has 0 radical (unpaired) electrons. The Morgan fingerprint density at radius 3 is 2.79 bits per heavy atom. The van der Waals surface area contributed by atoms with Crippen LogP contribution in [0.3, 0.4) is 0 Å². The fourth-order valence-electron chi connectivity index (χ4n) is 1.57. The highest BCUT2D eigenvalue weighted by Gasteiger charge is 2.00. The Bertz CT molecular complexity index is 394. The highest BCUT2D eigenvalue weighted by Crippen LogP contribution is 2.18. The van der Waals surface area contributed by atoms with Gasteiger partial charge in [-0.05, 0) is 30.0 Å². The van der Waals surface area contributed by atoms with Crippen LogP contribution in [0.2, 0.25) is 0 Å². The lowest BCUT2D eigenvalue weighted by atomic mass is 10.0. The predicted molar refractivity (Wildman–Crippen MR) is 92.6 cm³/mol. The molecule has 0 atom stereocenters. The zero-order chi connectivity index (χ0) is 13.4. The van der Waals surface area contributed by atoms with Gasteiger partial charge in [-0.1, -0.05) is 26.0 Å². The summed E-state index contributed by atoms with van der Waals surface area (Å²) in [5, 5.41) is 3.10. The monoisotopic (exact) mass is 377 g/mol. The van der Waals surface area contributed by atoms with Gasteiger partial charge in [0.15, 0.2) is 5.96 Å². The van der Waals surface area contributed by atoms with E-state index in [1.54, 1.807) is 7.11 Å². The van der Waals surface area contributed by atoms with E-state index >= 15 is 0 Å². The van der Waals surface area contributed by atoms with Crippen molar-refractivity contribution in [2.75, 3.05) is 25.6 Å². The van der Waals surface area contributed by atoms with Gasteiger partial charge in [-0.2, -0.15) is 0 Å². The molecule has 0 aromatic heterocycles. The van der Waals surface area contributed by atoms with Crippen LogP contribution < -0.4 is 11.1 Å². The van der Waals surface area contributed by atoms with Crippen LogP contribution in [-0.2, 0) is 4.74 Å². The molecule has 4 nitrogen and oxygen atoms in total. The Morgan fingerprint density at radius 2 is 2.16 bits per heavy atom. The minimum absolute atomic E-state index is 0. The zero-order valence-corrected chi connectivity index (χ0v) is 14.2. The first kappa shape index (κ1) is 18.2. The van der Waals surface area contributed by atoms with Gasteiger partial charge < -0.3 is 15.8 Å². The highest BCUT2D eigenvalue weighted by atomic mass is 127. The second kappa shape index (κ2) is 10.0. The lowest BCUT2D eigenvalue weighted by molar-refractivity contribution is 0.197. The van der Waals surface area contributed by atoms with Crippen molar-refractivity contribution in [2.24, 2.45) is 10.7 Å². The number of guanidine groups is 1. The zero-order valence-electron chi connectivity index (χ0n) is 11.8. The largest absolute Gasteiger partial charge is 0.385 e. The molecule has 0 aliphatic rings. The molecule has 1 aromatic rings. The van der Waals surface area contributed by atoms with Crippen LogP contribution in [0.25, 0.3) is 0 Å². The molecule has 0 unspecified atom stereocenters. The molecule has 0 aliphatic carbocycles. The quantitative estimate of drug-likeness (QED) is 0.347. The average Bonchev–Trinajstić information content (AvgIpc) is 2.35. The second-order valence-corrected chi connectivity index (χ2v) is 4.52. The molecule has 0 fully saturated rings. The van der Waals surface area contributed by atoms with Gasteiger partial charge in [0.25, 0.3) is 0 Å². The molecular weight excluding hydrogens is 353 g/mol. The maximum Gasteiger partial charge on any atom is 0.193 e. The molecule has 19 heavy (non-hydrogen) atoms. The Balaban J connectivity index is 0.00000324. The summed E-state index contributed by atoms with van der Waals surface area (Å²) in [7, 11) is 1.68. The molecule has 0 spiro atoms. The summed E-state index contributed by atoms with van der Waals surface area (Å²) in [6.07, 6.45) is 0.880. The first-order valence-corrected chi connectivity index (χ1v) is 6.29. The van der Waals surface area contributed by atoms with Crippen LogP contribution in [0.5, 0.6) is 0 Å². The van der Waals surface area contributed by atoms with Crippen molar-refractivity contribution >= 4 is 35.6 Å². The molecule has 108 valence electrons. The molecular formula is C14H24IN3O. The number of nitrogens with one attached hydrogen (secondary N) is 1. The molecule has 0 saturated carbocycles. The van der Waals surface area contributed by atoms with Gasteiger partial charge in [0, 0.05) is 25.9 Å². The molecule has 1 aromatic carbocycles. The van der Waals surface area contributed by atoms with Crippen LogP contribution in [0, 0.1) is 0 Å². The standard InChI is InChI=1S/C14H23N3O.HI/c1-11(2)12-6-4-7-13(10-12)17-14(15)16-8-5-9-18-3;/h4,6-7,10-11H,5,8-9H2,1-3H3,(H3,15,16,17);1H. The van der Waals surface area contributed by atoms with E-state index in [0.29, 0.717) is 25.0 Å². The van der Waals surface area contributed by atoms with Crippen molar-refractivity contribution < 1.29 is 4.74 Å². The van der Waals surface area contributed by atoms with Gasteiger partial charge in [0.2, 0.25) is 0 Å². The van der Waals surface area contributed by atoms with Gasteiger partial charge >= 0.3 is 0 Å². The minimum atomic E-state index is 0. The Kier molecular flexibility index (Phi) is 9.59. The number of nitrogens with zero attached hydrogens (tertiary/aromatic N) is 1. The number of rotatable bonds is 6. The van der Waals surface area contributed by atoms with Crippen LogP contribution in [0.15, 0.2) is 29.3 Å². The summed E-state index contributed by atoms with van der Waals surface area (Å²) in [6, 6.07) is 8.23. The van der Waals surface area contributed by atoms with E-state index in [1.165, 1.54) is 5.56 Å². The smallest absolute Gasteiger partial charge is 0.193 e. The minimum Gasteiger partial charge on any atom is -0.385 e. The number of hydrogen-bond donors (Lipinski definition) is 2. The first-order valence-electron chi connectivity index (χ1n) is 6.29. The van der Waals surface area contributed by atoms with Crippen LogP contribution >= 0.6 is 24.0 Å². The third kappa shape index (κ3) is 7.37. The number of aliphatic imine (C=N–C) groups is 1. The average molecular weight is 377 g/mol. The number of benzene rings is 1. The molecule has 5 heteroatoms. The summed E-state index contributed by atoms with van der Waals surface area (Å²) >= 11 is 0. The van der Waals surface area contributed by atoms with E-state index in [0.717, 1.165) is 12.1 Å². The van der Waals surface area contributed by atoms with Gasteiger partial charge in [-0.25, -0.2) is 0 Å².